The Morgan fingerprint density at radius 1 is 0.765 bits per heavy atom. The van der Waals surface area contributed by atoms with Gasteiger partial charge >= 0.3 is 12.4 Å². The Kier molecular flexibility index (Phi) is 8.03. The van der Waals surface area contributed by atoms with Crippen LogP contribution in [-0.2, 0) is 11.3 Å². The molecule has 1 unspecified atom stereocenters. The summed E-state index contributed by atoms with van der Waals surface area (Å²) >= 11 is 0. The van der Waals surface area contributed by atoms with Gasteiger partial charge < -0.3 is 14.2 Å². The largest absolute Gasteiger partial charge is 0.484 e. The summed E-state index contributed by atoms with van der Waals surface area (Å²) in [4.78, 5) is 0. The van der Waals surface area contributed by atoms with E-state index >= 15 is 0 Å². The first-order chi connectivity index (χ1) is 16.0. The monoisotopic (exact) mass is 488 g/mol. The van der Waals surface area contributed by atoms with Crippen LogP contribution in [-0.4, -0.2) is 25.6 Å². The lowest BCUT2D eigenvalue weighted by molar-refractivity contribution is -0.163. The molecule has 0 radical (unpaired) electrons. The highest BCUT2D eigenvalue weighted by Gasteiger charge is 2.41. The zero-order chi connectivity index (χ0) is 24.8. The van der Waals surface area contributed by atoms with Crippen LogP contribution >= 0.6 is 0 Å². The van der Waals surface area contributed by atoms with E-state index in [4.69, 9.17) is 9.47 Å². The first-order valence-electron chi connectivity index (χ1n) is 9.96. The van der Waals surface area contributed by atoms with Crippen molar-refractivity contribution in [1.29, 1.82) is 0 Å². The van der Waals surface area contributed by atoms with E-state index in [0.717, 1.165) is 30.3 Å². The summed E-state index contributed by atoms with van der Waals surface area (Å²) in [7, 11) is 0. The minimum atomic E-state index is -4.67. The Morgan fingerprint density at radius 2 is 1.44 bits per heavy atom. The van der Waals surface area contributed by atoms with Gasteiger partial charge in [-0.05, 0) is 47.5 Å². The quantitative estimate of drug-likeness (QED) is 0.294. The van der Waals surface area contributed by atoms with Gasteiger partial charge in [0.25, 0.3) is 0 Å². The summed E-state index contributed by atoms with van der Waals surface area (Å²) < 4.78 is 107. The maximum atomic E-state index is 14.0. The predicted molar refractivity (Wildman–Crippen MR) is 109 cm³/mol. The fraction of sp³-hybridized carbons (Fsp3) is 0.250. The van der Waals surface area contributed by atoms with Crippen molar-refractivity contribution in [3.05, 3.63) is 89.7 Å². The van der Waals surface area contributed by atoms with E-state index in [0.29, 0.717) is 11.3 Å². The van der Waals surface area contributed by atoms with Gasteiger partial charge in [-0.2, -0.15) is 26.3 Å². The SMILES string of the molecule is Fc1ccc(COCC(c2ccc(OCC(F)(F)F)cc2)C(F)(F)F)cc1Oc1ccccc1. The Hall–Kier alpha value is -3.27. The number of halogens is 7. The van der Waals surface area contributed by atoms with Crippen LogP contribution in [0.2, 0.25) is 0 Å². The van der Waals surface area contributed by atoms with Gasteiger partial charge in [-0.25, -0.2) is 4.39 Å². The molecule has 0 aliphatic carbocycles. The van der Waals surface area contributed by atoms with Crippen molar-refractivity contribution in [3.63, 3.8) is 0 Å². The molecule has 3 nitrogen and oxygen atoms in total. The van der Waals surface area contributed by atoms with Crippen LogP contribution in [0.25, 0.3) is 0 Å². The molecule has 0 aliphatic rings. The van der Waals surface area contributed by atoms with Crippen LogP contribution in [0.4, 0.5) is 30.7 Å². The first kappa shape index (κ1) is 25.4. The van der Waals surface area contributed by atoms with Gasteiger partial charge in [0.2, 0.25) is 0 Å². The molecule has 0 amide bonds. The van der Waals surface area contributed by atoms with Crippen LogP contribution < -0.4 is 9.47 Å². The van der Waals surface area contributed by atoms with E-state index in [1.54, 1.807) is 30.3 Å². The van der Waals surface area contributed by atoms with Crippen LogP contribution in [0.3, 0.4) is 0 Å². The van der Waals surface area contributed by atoms with Gasteiger partial charge in [0, 0.05) is 0 Å². The van der Waals surface area contributed by atoms with Gasteiger partial charge in [0.05, 0.1) is 13.2 Å². The molecule has 0 aromatic heterocycles. The van der Waals surface area contributed by atoms with Crippen LogP contribution in [0.1, 0.15) is 17.0 Å². The van der Waals surface area contributed by atoms with E-state index in [9.17, 15) is 30.7 Å². The molecule has 0 saturated carbocycles. The molecule has 0 heterocycles. The smallest absolute Gasteiger partial charge is 0.422 e. The highest BCUT2D eigenvalue weighted by atomic mass is 19.4. The fourth-order valence-electron chi connectivity index (χ4n) is 2.97. The summed E-state index contributed by atoms with van der Waals surface area (Å²) in [6, 6.07) is 16.4. The van der Waals surface area contributed by atoms with Gasteiger partial charge in [-0.3, -0.25) is 0 Å². The maximum Gasteiger partial charge on any atom is 0.422 e. The zero-order valence-electron chi connectivity index (χ0n) is 17.5. The van der Waals surface area contributed by atoms with Crippen LogP contribution in [0, 0.1) is 5.82 Å². The maximum absolute atomic E-state index is 14.0. The third kappa shape index (κ3) is 7.65. The highest BCUT2D eigenvalue weighted by molar-refractivity contribution is 5.35. The lowest BCUT2D eigenvalue weighted by Gasteiger charge is -2.21. The van der Waals surface area contributed by atoms with E-state index in [-0.39, 0.29) is 23.7 Å². The standard InChI is InChI=1S/C24H19F7O3/c25-21-11-6-16(12-22(21)34-19-4-2-1-3-5-19)13-32-14-20(24(29,30)31)17-7-9-18(10-8-17)33-15-23(26,27)28/h1-12,20H,13-15H2. The minimum absolute atomic E-state index is 0.103. The number of hydrogen-bond donors (Lipinski definition) is 0. The van der Waals surface area contributed by atoms with Crippen molar-refractivity contribution in [3.8, 4) is 17.2 Å². The normalized spacial score (nSPS) is 12.9. The lowest BCUT2D eigenvalue weighted by Crippen LogP contribution is -2.25. The van der Waals surface area contributed by atoms with Crippen molar-refractivity contribution in [2.24, 2.45) is 0 Å². The molecule has 0 aliphatic heterocycles. The Labute approximate surface area is 190 Å². The summed E-state index contributed by atoms with van der Waals surface area (Å²) in [6.45, 7) is -2.55. The molecular weight excluding hydrogens is 469 g/mol. The molecule has 1 atom stereocenters. The second kappa shape index (κ2) is 10.8. The Bertz CT molecular complexity index is 1050. The van der Waals surface area contributed by atoms with E-state index in [1.165, 1.54) is 12.1 Å². The molecule has 34 heavy (non-hydrogen) atoms. The van der Waals surface area contributed by atoms with Crippen molar-refractivity contribution in [2.75, 3.05) is 13.2 Å². The molecule has 3 aromatic carbocycles. The van der Waals surface area contributed by atoms with Crippen LogP contribution in [0.15, 0.2) is 72.8 Å². The third-order valence-electron chi connectivity index (χ3n) is 4.60. The van der Waals surface area contributed by atoms with E-state index in [1.807, 2.05) is 0 Å². The lowest BCUT2D eigenvalue weighted by atomic mass is 9.99. The van der Waals surface area contributed by atoms with Crippen molar-refractivity contribution >= 4 is 0 Å². The van der Waals surface area contributed by atoms with Gasteiger partial charge in [-0.1, -0.05) is 36.4 Å². The molecule has 0 saturated heterocycles. The number of ether oxygens (including phenoxy) is 3. The fourth-order valence-corrected chi connectivity index (χ4v) is 2.97. The minimum Gasteiger partial charge on any atom is -0.484 e. The molecular formula is C24H19F7O3. The number of para-hydroxylation sites is 1. The summed E-state index contributed by atoms with van der Waals surface area (Å²) in [6.07, 6.45) is -9.23. The number of alkyl halides is 6. The van der Waals surface area contributed by atoms with Gasteiger partial charge in [0.1, 0.15) is 17.4 Å². The van der Waals surface area contributed by atoms with Gasteiger partial charge in [0.15, 0.2) is 18.2 Å². The van der Waals surface area contributed by atoms with Gasteiger partial charge in [-0.15, -0.1) is 0 Å². The molecule has 182 valence electrons. The average Bonchev–Trinajstić information content (AvgIpc) is 2.77. The molecule has 3 aromatic rings. The Morgan fingerprint density at radius 3 is 2.06 bits per heavy atom. The van der Waals surface area contributed by atoms with Crippen molar-refractivity contribution < 1.29 is 44.9 Å². The number of hydrogen-bond acceptors (Lipinski definition) is 3. The number of rotatable bonds is 9. The molecule has 0 N–H and O–H groups in total. The van der Waals surface area contributed by atoms with E-state index in [2.05, 4.69) is 4.74 Å². The zero-order valence-corrected chi connectivity index (χ0v) is 17.5. The molecule has 3 rings (SSSR count). The second-order valence-electron chi connectivity index (χ2n) is 7.26. The predicted octanol–water partition coefficient (Wildman–Crippen LogP) is 7.42. The summed E-state index contributed by atoms with van der Waals surface area (Å²) in [5.41, 5.74) is 0.197. The Balaban J connectivity index is 1.63. The van der Waals surface area contributed by atoms with Crippen molar-refractivity contribution in [2.45, 2.75) is 24.9 Å². The van der Waals surface area contributed by atoms with E-state index < -0.39 is 37.3 Å². The molecule has 10 heteroatoms. The van der Waals surface area contributed by atoms with Crippen LogP contribution in [0.5, 0.6) is 17.2 Å². The molecule has 0 spiro atoms. The summed E-state index contributed by atoms with van der Waals surface area (Å²) in [5.74, 6) is -2.59. The highest BCUT2D eigenvalue weighted by Crippen LogP contribution is 2.36. The first-order valence-corrected chi connectivity index (χ1v) is 9.96. The van der Waals surface area contributed by atoms with Crippen molar-refractivity contribution in [1.82, 2.24) is 0 Å². The average molecular weight is 488 g/mol. The second-order valence-corrected chi connectivity index (χ2v) is 7.26. The molecule has 0 bridgehead atoms. The third-order valence-corrected chi connectivity index (χ3v) is 4.60. The topological polar surface area (TPSA) is 27.7 Å². The molecule has 0 fully saturated rings. The summed E-state index contributed by atoms with van der Waals surface area (Å²) in [5, 5.41) is 0. The number of benzene rings is 3.